The highest BCUT2D eigenvalue weighted by atomic mass is 79.9. The first-order valence-corrected chi connectivity index (χ1v) is 7.69. The van der Waals surface area contributed by atoms with E-state index in [9.17, 15) is 0 Å². The maximum absolute atomic E-state index is 3.66. The summed E-state index contributed by atoms with van der Waals surface area (Å²) in [6, 6.07) is 0. The average molecular weight is 289 g/mol. The summed E-state index contributed by atoms with van der Waals surface area (Å²) in [5.74, 6) is 0.937. The van der Waals surface area contributed by atoms with Gasteiger partial charge in [-0.25, -0.2) is 0 Å². The lowest BCUT2D eigenvalue weighted by Gasteiger charge is -2.32. The molecule has 1 aliphatic carbocycles. The second kappa shape index (κ2) is 5.36. The number of rotatable bonds is 5. The number of hydrogen-bond acceptors (Lipinski definition) is 2. The molecular formula is C13H25BrN2. The van der Waals surface area contributed by atoms with Crippen LogP contribution in [0.15, 0.2) is 0 Å². The molecule has 16 heavy (non-hydrogen) atoms. The predicted molar refractivity (Wildman–Crippen MR) is 73.2 cm³/mol. The Kier molecular flexibility index (Phi) is 4.31. The third-order valence-electron chi connectivity index (χ3n) is 4.25. The minimum atomic E-state index is 0.639. The van der Waals surface area contributed by atoms with Crippen molar-refractivity contribution in [1.29, 1.82) is 0 Å². The molecule has 0 aromatic heterocycles. The van der Waals surface area contributed by atoms with Crippen LogP contribution in [0.1, 0.15) is 25.7 Å². The number of piperidine rings is 1. The van der Waals surface area contributed by atoms with Gasteiger partial charge in [0.15, 0.2) is 0 Å². The van der Waals surface area contributed by atoms with Gasteiger partial charge in [0.1, 0.15) is 0 Å². The van der Waals surface area contributed by atoms with E-state index in [4.69, 9.17) is 0 Å². The molecule has 1 heterocycles. The third kappa shape index (κ3) is 3.44. The van der Waals surface area contributed by atoms with E-state index in [0.717, 1.165) is 5.92 Å². The lowest BCUT2D eigenvalue weighted by Crippen LogP contribution is -2.37. The molecular weight excluding hydrogens is 264 g/mol. The molecule has 3 heteroatoms. The standard InChI is InChI=1S/C13H25BrN2/c1-15-7-3-12(4-8-15)9-16(2)11-13(10-14)5-6-13/h12H,3-11H2,1-2H3. The van der Waals surface area contributed by atoms with Gasteiger partial charge in [0, 0.05) is 18.4 Å². The molecule has 0 aromatic rings. The molecule has 2 aliphatic rings. The highest BCUT2D eigenvalue weighted by Crippen LogP contribution is 2.47. The smallest absolute Gasteiger partial charge is 0.0100 e. The Hall–Kier alpha value is 0.400. The van der Waals surface area contributed by atoms with E-state index in [1.54, 1.807) is 0 Å². The molecule has 0 atom stereocenters. The zero-order valence-corrected chi connectivity index (χ0v) is 12.3. The van der Waals surface area contributed by atoms with Gasteiger partial charge in [-0.15, -0.1) is 0 Å². The molecule has 0 amide bonds. The number of nitrogens with zero attached hydrogens (tertiary/aromatic N) is 2. The summed E-state index contributed by atoms with van der Waals surface area (Å²) < 4.78 is 0. The number of likely N-dealkylation sites (tertiary alicyclic amines) is 1. The molecule has 0 N–H and O–H groups in total. The van der Waals surface area contributed by atoms with Gasteiger partial charge in [-0.2, -0.15) is 0 Å². The summed E-state index contributed by atoms with van der Waals surface area (Å²) in [6.07, 6.45) is 5.64. The highest BCUT2D eigenvalue weighted by molar-refractivity contribution is 9.09. The van der Waals surface area contributed by atoms with Crippen LogP contribution in [-0.4, -0.2) is 55.4 Å². The summed E-state index contributed by atoms with van der Waals surface area (Å²) in [4.78, 5) is 5.03. The Balaban J connectivity index is 1.69. The van der Waals surface area contributed by atoms with Crippen molar-refractivity contribution >= 4 is 15.9 Å². The predicted octanol–water partition coefficient (Wildman–Crippen LogP) is 2.44. The van der Waals surface area contributed by atoms with Crippen molar-refractivity contribution in [3.05, 3.63) is 0 Å². The van der Waals surface area contributed by atoms with Crippen molar-refractivity contribution in [2.24, 2.45) is 11.3 Å². The third-order valence-corrected chi connectivity index (χ3v) is 5.44. The zero-order valence-electron chi connectivity index (χ0n) is 10.7. The van der Waals surface area contributed by atoms with Crippen molar-refractivity contribution < 1.29 is 0 Å². The van der Waals surface area contributed by atoms with Gasteiger partial charge in [0.2, 0.25) is 0 Å². The monoisotopic (exact) mass is 288 g/mol. The summed E-state index contributed by atoms with van der Waals surface area (Å²) in [5, 5.41) is 1.19. The van der Waals surface area contributed by atoms with Crippen LogP contribution in [-0.2, 0) is 0 Å². The van der Waals surface area contributed by atoms with Crippen molar-refractivity contribution in [3.8, 4) is 0 Å². The zero-order chi connectivity index (χ0) is 11.6. The van der Waals surface area contributed by atoms with Crippen molar-refractivity contribution in [2.45, 2.75) is 25.7 Å². The van der Waals surface area contributed by atoms with Gasteiger partial charge in [0.25, 0.3) is 0 Å². The van der Waals surface area contributed by atoms with E-state index in [0.29, 0.717) is 5.41 Å². The summed E-state index contributed by atoms with van der Waals surface area (Å²) >= 11 is 3.66. The van der Waals surface area contributed by atoms with Crippen molar-refractivity contribution in [3.63, 3.8) is 0 Å². The topological polar surface area (TPSA) is 6.48 Å². The van der Waals surface area contributed by atoms with Crippen LogP contribution >= 0.6 is 15.9 Å². The van der Waals surface area contributed by atoms with E-state index in [1.165, 1.54) is 57.2 Å². The molecule has 0 bridgehead atoms. The van der Waals surface area contributed by atoms with Crippen LogP contribution in [0, 0.1) is 11.3 Å². The molecule has 94 valence electrons. The summed E-state index contributed by atoms with van der Waals surface area (Å²) in [6.45, 7) is 5.19. The van der Waals surface area contributed by atoms with E-state index in [2.05, 4.69) is 39.8 Å². The molecule has 0 aromatic carbocycles. The number of alkyl halides is 1. The van der Waals surface area contributed by atoms with E-state index in [1.807, 2.05) is 0 Å². The van der Waals surface area contributed by atoms with Crippen LogP contribution in [0.25, 0.3) is 0 Å². The van der Waals surface area contributed by atoms with Gasteiger partial charge in [0.05, 0.1) is 0 Å². The van der Waals surface area contributed by atoms with Crippen LogP contribution in [0.4, 0.5) is 0 Å². The fraction of sp³-hybridized carbons (Fsp3) is 1.00. The summed E-state index contributed by atoms with van der Waals surface area (Å²) in [5.41, 5.74) is 0.639. The van der Waals surface area contributed by atoms with Crippen LogP contribution in [0.3, 0.4) is 0 Å². The maximum atomic E-state index is 3.66. The first kappa shape index (κ1) is 12.8. The lowest BCUT2D eigenvalue weighted by atomic mass is 9.96. The van der Waals surface area contributed by atoms with Gasteiger partial charge in [-0.1, -0.05) is 15.9 Å². The highest BCUT2D eigenvalue weighted by Gasteiger charge is 2.42. The van der Waals surface area contributed by atoms with E-state index in [-0.39, 0.29) is 0 Å². The quantitative estimate of drug-likeness (QED) is 0.717. The first-order chi connectivity index (χ1) is 7.63. The summed E-state index contributed by atoms with van der Waals surface area (Å²) in [7, 11) is 4.55. The lowest BCUT2D eigenvalue weighted by molar-refractivity contribution is 0.165. The molecule has 2 rings (SSSR count). The molecule has 0 unspecified atom stereocenters. The normalized spacial score (nSPS) is 26.2. The molecule has 1 aliphatic heterocycles. The van der Waals surface area contributed by atoms with Crippen molar-refractivity contribution in [1.82, 2.24) is 9.80 Å². The van der Waals surface area contributed by atoms with Crippen LogP contribution < -0.4 is 0 Å². The molecule has 0 radical (unpaired) electrons. The average Bonchev–Trinajstić information content (AvgIpc) is 3.02. The number of halogens is 1. The van der Waals surface area contributed by atoms with E-state index >= 15 is 0 Å². The maximum Gasteiger partial charge on any atom is 0.0100 e. The Labute approximate surface area is 108 Å². The fourth-order valence-electron chi connectivity index (χ4n) is 2.83. The molecule has 0 spiro atoms. The number of hydrogen-bond donors (Lipinski definition) is 0. The molecule has 2 nitrogen and oxygen atoms in total. The first-order valence-electron chi connectivity index (χ1n) is 6.57. The minimum absolute atomic E-state index is 0.639. The molecule has 1 saturated carbocycles. The fourth-order valence-corrected chi connectivity index (χ4v) is 3.57. The minimum Gasteiger partial charge on any atom is -0.306 e. The second-order valence-electron chi connectivity index (χ2n) is 6.08. The second-order valence-corrected chi connectivity index (χ2v) is 6.64. The molecule has 1 saturated heterocycles. The van der Waals surface area contributed by atoms with Gasteiger partial charge in [-0.3, -0.25) is 0 Å². The van der Waals surface area contributed by atoms with Crippen LogP contribution in [0.2, 0.25) is 0 Å². The SMILES string of the molecule is CN1CCC(CN(C)CC2(CBr)CC2)CC1. The largest absolute Gasteiger partial charge is 0.306 e. The Morgan fingerprint density at radius 1 is 1.31 bits per heavy atom. The van der Waals surface area contributed by atoms with Gasteiger partial charge in [-0.05, 0) is 64.2 Å². The van der Waals surface area contributed by atoms with Crippen molar-refractivity contribution in [2.75, 3.05) is 45.6 Å². The van der Waals surface area contributed by atoms with E-state index < -0.39 is 0 Å². The molecule has 2 fully saturated rings. The Morgan fingerprint density at radius 3 is 2.44 bits per heavy atom. The van der Waals surface area contributed by atoms with Gasteiger partial charge >= 0.3 is 0 Å². The Bertz CT molecular complexity index is 220. The Morgan fingerprint density at radius 2 is 1.94 bits per heavy atom. The van der Waals surface area contributed by atoms with Gasteiger partial charge < -0.3 is 9.80 Å². The van der Waals surface area contributed by atoms with Crippen LogP contribution in [0.5, 0.6) is 0 Å².